The van der Waals surface area contributed by atoms with Crippen LogP contribution in [0.4, 0.5) is 4.39 Å². The molecule has 0 saturated heterocycles. The Balaban J connectivity index is 2.45. The molecule has 0 aromatic heterocycles. The highest BCUT2D eigenvalue weighted by Gasteiger charge is 2.13. The molecule has 2 N–H and O–H groups in total. The van der Waals surface area contributed by atoms with Gasteiger partial charge in [-0.2, -0.15) is 0 Å². The fourth-order valence-electron chi connectivity index (χ4n) is 1.76. The molecule has 1 atom stereocenters. The average molecular weight is 371 g/mol. The molecule has 1 unspecified atom stereocenters. The second-order valence-electron chi connectivity index (χ2n) is 4.46. The van der Waals surface area contributed by atoms with Crippen molar-refractivity contribution < 1.29 is 9.13 Å². The van der Waals surface area contributed by atoms with E-state index in [4.69, 9.17) is 10.5 Å². The summed E-state index contributed by atoms with van der Waals surface area (Å²) in [6.07, 6.45) is 0. The number of para-hydroxylation sites is 1. The van der Waals surface area contributed by atoms with Gasteiger partial charge in [-0.25, -0.2) is 4.39 Å². The van der Waals surface area contributed by atoms with Crippen molar-refractivity contribution >= 4 is 22.6 Å². The van der Waals surface area contributed by atoms with E-state index >= 15 is 0 Å². The summed E-state index contributed by atoms with van der Waals surface area (Å²) in [7, 11) is 0. The molecule has 0 aliphatic rings. The van der Waals surface area contributed by atoms with Crippen LogP contribution in [0.3, 0.4) is 0 Å². The number of hydrogen-bond acceptors (Lipinski definition) is 2. The van der Waals surface area contributed by atoms with Crippen LogP contribution < -0.4 is 10.5 Å². The molecule has 0 heterocycles. The fourth-order valence-corrected chi connectivity index (χ4v) is 2.26. The number of benzene rings is 2. The molecule has 19 heavy (non-hydrogen) atoms. The third-order valence-corrected chi connectivity index (χ3v) is 3.73. The van der Waals surface area contributed by atoms with Gasteiger partial charge in [0.2, 0.25) is 0 Å². The lowest BCUT2D eigenvalue weighted by atomic mass is 10.1. The highest BCUT2D eigenvalue weighted by Crippen LogP contribution is 2.33. The molecule has 0 amide bonds. The van der Waals surface area contributed by atoms with E-state index in [9.17, 15) is 4.39 Å². The molecule has 2 nitrogen and oxygen atoms in total. The Kier molecular flexibility index (Phi) is 4.42. The second-order valence-corrected chi connectivity index (χ2v) is 5.62. The van der Waals surface area contributed by atoms with Crippen molar-refractivity contribution in [1.29, 1.82) is 0 Å². The largest absolute Gasteiger partial charge is 0.456 e. The monoisotopic (exact) mass is 371 g/mol. The summed E-state index contributed by atoms with van der Waals surface area (Å²) in [4.78, 5) is 0. The van der Waals surface area contributed by atoms with Crippen molar-refractivity contribution in [2.24, 2.45) is 5.73 Å². The van der Waals surface area contributed by atoms with Crippen LogP contribution in [0.2, 0.25) is 0 Å². The normalized spacial score (nSPS) is 12.3. The highest BCUT2D eigenvalue weighted by atomic mass is 127. The van der Waals surface area contributed by atoms with Crippen LogP contribution in [0.15, 0.2) is 36.4 Å². The smallest absolute Gasteiger partial charge is 0.140 e. The molecule has 4 heteroatoms. The third kappa shape index (κ3) is 3.25. The van der Waals surface area contributed by atoms with Gasteiger partial charge in [0.25, 0.3) is 0 Å². The van der Waals surface area contributed by atoms with Crippen molar-refractivity contribution in [2.45, 2.75) is 19.9 Å². The Labute approximate surface area is 125 Å². The molecule has 0 aliphatic carbocycles. The Morgan fingerprint density at radius 1 is 1.21 bits per heavy atom. The lowest BCUT2D eigenvalue weighted by Crippen LogP contribution is -2.08. The van der Waals surface area contributed by atoms with Gasteiger partial charge in [0.15, 0.2) is 0 Å². The van der Waals surface area contributed by atoms with Gasteiger partial charge in [0, 0.05) is 11.6 Å². The zero-order valence-corrected chi connectivity index (χ0v) is 12.9. The van der Waals surface area contributed by atoms with Gasteiger partial charge in [-0.15, -0.1) is 0 Å². The van der Waals surface area contributed by atoms with Gasteiger partial charge in [0.1, 0.15) is 17.3 Å². The highest BCUT2D eigenvalue weighted by molar-refractivity contribution is 14.1. The van der Waals surface area contributed by atoms with Crippen LogP contribution in [-0.2, 0) is 0 Å². The molecule has 0 fully saturated rings. The molecule has 2 aromatic carbocycles. The first-order valence-corrected chi connectivity index (χ1v) is 7.05. The molecular weight excluding hydrogens is 356 g/mol. The van der Waals surface area contributed by atoms with Crippen molar-refractivity contribution in [3.05, 3.63) is 56.9 Å². The summed E-state index contributed by atoms with van der Waals surface area (Å²) < 4.78 is 20.5. The van der Waals surface area contributed by atoms with E-state index in [-0.39, 0.29) is 11.9 Å². The van der Waals surface area contributed by atoms with Crippen LogP contribution in [0, 0.1) is 16.3 Å². The third-order valence-electron chi connectivity index (χ3n) is 2.84. The standard InChI is InChI=1S/C15H15FINO/c1-9-7-15(11(10(2)18)8-12(9)16)19-14-6-4-3-5-13(14)17/h3-8,10H,18H2,1-2H3. The van der Waals surface area contributed by atoms with Crippen LogP contribution in [0.25, 0.3) is 0 Å². The first kappa shape index (κ1) is 14.3. The number of aryl methyl sites for hydroxylation is 1. The maximum atomic E-state index is 13.6. The molecule has 0 bridgehead atoms. The van der Waals surface area contributed by atoms with E-state index in [0.717, 1.165) is 9.32 Å². The number of ether oxygens (including phenoxy) is 1. The van der Waals surface area contributed by atoms with Crippen LogP contribution in [0.5, 0.6) is 11.5 Å². The summed E-state index contributed by atoms with van der Waals surface area (Å²) in [6, 6.07) is 10.5. The van der Waals surface area contributed by atoms with E-state index in [0.29, 0.717) is 16.9 Å². The van der Waals surface area contributed by atoms with Gasteiger partial charge in [-0.1, -0.05) is 12.1 Å². The van der Waals surface area contributed by atoms with Crippen molar-refractivity contribution in [2.75, 3.05) is 0 Å². The summed E-state index contributed by atoms with van der Waals surface area (Å²) >= 11 is 2.20. The summed E-state index contributed by atoms with van der Waals surface area (Å²) in [5, 5.41) is 0. The number of nitrogens with two attached hydrogens (primary N) is 1. The topological polar surface area (TPSA) is 35.2 Å². The summed E-state index contributed by atoms with van der Waals surface area (Å²) in [5.74, 6) is 1.09. The van der Waals surface area contributed by atoms with E-state index in [1.165, 1.54) is 6.07 Å². The predicted octanol–water partition coefficient (Wildman–Crippen LogP) is 4.55. The average Bonchev–Trinajstić information content (AvgIpc) is 2.36. The molecule has 100 valence electrons. The van der Waals surface area contributed by atoms with Gasteiger partial charge in [0.05, 0.1) is 3.57 Å². The Morgan fingerprint density at radius 2 is 1.89 bits per heavy atom. The zero-order valence-electron chi connectivity index (χ0n) is 10.8. The minimum Gasteiger partial charge on any atom is -0.456 e. The van der Waals surface area contributed by atoms with Crippen molar-refractivity contribution in [3.8, 4) is 11.5 Å². The first-order chi connectivity index (χ1) is 8.99. The van der Waals surface area contributed by atoms with Gasteiger partial charge < -0.3 is 10.5 Å². The first-order valence-electron chi connectivity index (χ1n) is 5.97. The van der Waals surface area contributed by atoms with E-state index in [1.54, 1.807) is 13.0 Å². The van der Waals surface area contributed by atoms with E-state index in [1.807, 2.05) is 31.2 Å². The Bertz CT molecular complexity index is 599. The van der Waals surface area contributed by atoms with E-state index < -0.39 is 0 Å². The molecular formula is C15H15FINO. The maximum Gasteiger partial charge on any atom is 0.140 e. The molecule has 2 rings (SSSR count). The van der Waals surface area contributed by atoms with Crippen molar-refractivity contribution in [3.63, 3.8) is 0 Å². The minimum atomic E-state index is -0.286. The predicted molar refractivity (Wildman–Crippen MR) is 83.0 cm³/mol. The maximum absolute atomic E-state index is 13.6. The molecule has 0 spiro atoms. The number of rotatable bonds is 3. The summed E-state index contributed by atoms with van der Waals surface area (Å²) in [5.41, 5.74) is 7.09. The lowest BCUT2D eigenvalue weighted by Gasteiger charge is -2.16. The Morgan fingerprint density at radius 3 is 2.53 bits per heavy atom. The molecule has 0 radical (unpaired) electrons. The lowest BCUT2D eigenvalue weighted by molar-refractivity contribution is 0.465. The molecule has 0 saturated carbocycles. The fraction of sp³-hybridized carbons (Fsp3) is 0.200. The molecule has 0 aliphatic heterocycles. The second kappa shape index (κ2) is 5.88. The quantitative estimate of drug-likeness (QED) is 0.804. The minimum absolute atomic E-state index is 0.262. The molecule has 2 aromatic rings. The number of hydrogen-bond donors (Lipinski definition) is 1. The Hall–Kier alpha value is -1.14. The van der Waals surface area contributed by atoms with Gasteiger partial charge >= 0.3 is 0 Å². The zero-order chi connectivity index (χ0) is 14.0. The SMILES string of the molecule is Cc1cc(Oc2ccccc2I)c(C(C)N)cc1F. The van der Waals surface area contributed by atoms with Crippen molar-refractivity contribution in [1.82, 2.24) is 0 Å². The number of halogens is 2. The van der Waals surface area contributed by atoms with Crippen LogP contribution in [0.1, 0.15) is 24.1 Å². The van der Waals surface area contributed by atoms with Crippen LogP contribution >= 0.6 is 22.6 Å². The van der Waals surface area contributed by atoms with Gasteiger partial charge in [-0.3, -0.25) is 0 Å². The summed E-state index contributed by atoms with van der Waals surface area (Å²) in [6.45, 7) is 3.52. The van der Waals surface area contributed by atoms with Crippen LogP contribution in [-0.4, -0.2) is 0 Å². The van der Waals surface area contributed by atoms with E-state index in [2.05, 4.69) is 22.6 Å². The van der Waals surface area contributed by atoms with Gasteiger partial charge in [-0.05, 0) is 66.3 Å².